The lowest BCUT2D eigenvalue weighted by Crippen LogP contribution is -2.44. The summed E-state index contributed by atoms with van der Waals surface area (Å²) in [6, 6.07) is 6.84. The monoisotopic (exact) mass is 368 g/mol. The summed E-state index contributed by atoms with van der Waals surface area (Å²) >= 11 is 0. The van der Waals surface area contributed by atoms with Gasteiger partial charge in [-0.2, -0.15) is 0 Å². The molecule has 2 rings (SSSR count). The Morgan fingerprint density at radius 3 is 2.40 bits per heavy atom. The van der Waals surface area contributed by atoms with Crippen molar-refractivity contribution in [3.05, 3.63) is 41.7 Å². The van der Waals surface area contributed by atoms with Crippen molar-refractivity contribution in [3.63, 3.8) is 0 Å². The molecular weight excluding hydrogens is 339 g/mol. The van der Waals surface area contributed by atoms with Gasteiger partial charge in [-0.15, -0.1) is 12.4 Å². The Morgan fingerprint density at radius 2 is 1.80 bits per heavy atom. The lowest BCUT2D eigenvalue weighted by molar-refractivity contribution is -0.129. The molecule has 0 aliphatic heterocycles. The maximum absolute atomic E-state index is 13.7. The number of hydrogen-bond donors (Lipinski definition) is 0. The predicted molar refractivity (Wildman–Crippen MR) is 104 cm³/mol. The standard InChI is InChI=1S/C20H29FN2O.ClH/c1-16-8-11-18(12-9-16)23(15-14-22(2)3)20(24)13-10-17-6-4-5-7-19(17)21;/h4-7,10,13,16,18H,8-9,11-12,14-15H2,1-3H3;1H. The lowest BCUT2D eigenvalue weighted by Gasteiger charge is -2.36. The largest absolute Gasteiger partial charge is 0.335 e. The number of likely N-dealkylation sites (N-methyl/N-ethyl adjacent to an activating group) is 1. The van der Waals surface area contributed by atoms with Gasteiger partial charge in [0, 0.05) is 30.8 Å². The van der Waals surface area contributed by atoms with Gasteiger partial charge in [0.15, 0.2) is 0 Å². The van der Waals surface area contributed by atoms with Crippen LogP contribution in [0, 0.1) is 11.7 Å². The van der Waals surface area contributed by atoms with Gasteiger partial charge in [-0.25, -0.2) is 4.39 Å². The fraction of sp³-hybridized carbons (Fsp3) is 0.550. The van der Waals surface area contributed by atoms with Crippen LogP contribution in [-0.2, 0) is 4.79 Å². The van der Waals surface area contributed by atoms with E-state index in [-0.39, 0.29) is 24.1 Å². The highest BCUT2D eigenvalue weighted by Gasteiger charge is 2.26. The topological polar surface area (TPSA) is 23.6 Å². The van der Waals surface area contributed by atoms with Crippen LogP contribution in [0.5, 0.6) is 0 Å². The highest BCUT2D eigenvalue weighted by Crippen LogP contribution is 2.27. The van der Waals surface area contributed by atoms with Gasteiger partial charge in [0.2, 0.25) is 5.91 Å². The molecule has 5 heteroatoms. The van der Waals surface area contributed by atoms with E-state index >= 15 is 0 Å². The molecule has 0 radical (unpaired) electrons. The Morgan fingerprint density at radius 1 is 1.16 bits per heavy atom. The van der Waals surface area contributed by atoms with E-state index in [0.29, 0.717) is 18.2 Å². The summed E-state index contributed by atoms with van der Waals surface area (Å²) in [6.07, 6.45) is 7.58. The molecule has 3 nitrogen and oxygen atoms in total. The summed E-state index contributed by atoms with van der Waals surface area (Å²) in [4.78, 5) is 16.8. The maximum atomic E-state index is 13.7. The molecule has 1 fully saturated rings. The fourth-order valence-electron chi connectivity index (χ4n) is 3.20. The third-order valence-corrected chi connectivity index (χ3v) is 4.81. The van der Waals surface area contributed by atoms with Crippen molar-refractivity contribution in [3.8, 4) is 0 Å². The van der Waals surface area contributed by atoms with E-state index in [1.54, 1.807) is 24.3 Å². The van der Waals surface area contributed by atoms with E-state index in [2.05, 4.69) is 11.8 Å². The van der Waals surface area contributed by atoms with Gasteiger partial charge in [0.05, 0.1) is 0 Å². The maximum Gasteiger partial charge on any atom is 0.246 e. The van der Waals surface area contributed by atoms with Crippen LogP contribution in [0.1, 0.15) is 38.2 Å². The second-order valence-corrected chi connectivity index (χ2v) is 7.10. The van der Waals surface area contributed by atoms with E-state index in [0.717, 1.165) is 25.3 Å². The highest BCUT2D eigenvalue weighted by molar-refractivity contribution is 5.92. The molecule has 0 aromatic heterocycles. The van der Waals surface area contributed by atoms with Crippen LogP contribution in [-0.4, -0.2) is 48.9 Å². The Hall–Kier alpha value is -1.39. The fourth-order valence-corrected chi connectivity index (χ4v) is 3.20. The van der Waals surface area contributed by atoms with Crippen LogP contribution in [0.4, 0.5) is 4.39 Å². The molecule has 1 aliphatic carbocycles. The zero-order chi connectivity index (χ0) is 17.5. The van der Waals surface area contributed by atoms with Gasteiger partial charge in [0.1, 0.15) is 5.82 Å². The molecule has 0 saturated heterocycles. The summed E-state index contributed by atoms with van der Waals surface area (Å²) in [5.41, 5.74) is 0.454. The molecule has 1 aliphatic rings. The molecule has 1 aromatic carbocycles. The first-order chi connectivity index (χ1) is 11.5. The summed E-state index contributed by atoms with van der Waals surface area (Å²) < 4.78 is 13.7. The van der Waals surface area contributed by atoms with Crippen molar-refractivity contribution in [2.24, 2.45) is 5.92 Å². The van der Waals surface area contributed by atoms with E-state index in [9.17, 15) is 9.18 Å². The second-order valence-electron chi connectivity index (χ2n) is 7.10. The third-order valence-electron chi connectivity index (χ3n) is 4.81. The van der Waals surface area contributed by atoms with Gasteiger partial charge in [-0.05, 0) is 57.8 Å². The van der Waals surface area contributed by atoms with Gasteiger partial charge < -0.3 is 9.80 Å². The van der Waals surface area contributed by atoms with Crippen LogP contribution in [0.2, 0.25) is 0 Å². The smallest absolute Gasteiger partial charge is 0.246 e. The number of carbonyl (C=O) groups excluding carboxylic acids is 1. The number of carbonyl (C=O) groups is 1. The first kappa shape index (κ1) is 21.7. The zero-order valence-electron chi connectivity index (χ0n) is 15.5. The molecule has 25 heavy (non-hydrogen) atoms. The molecular formula is C20H30ClFN2O. The van der Waals surface area contributed by atoms with E-state index < -0.39 is 0 Å². The second kappa shape index (κ2) is 10.6. The highest BCUT2D eigenvalue weighted by atomic mass is 35.5. The molecule has 0 unspecified atom stereocenters. The van der Waals surface area contributed by atoms with E-state index in [1.165, 1.54) is 25.0 Å². The molecule has 0 spiro atoms. The average Bonchev–Trinajstić information content (AvgIpc) is 2.55. The molecule has 140 valence electrons. The van der Waals surface area contributed by atoms with Crippen LogP contribution >= 0.6 is 12.4 Å². The number of halogens is 2. The quantitative estimate of drug-likeness (QED) is 0.701. The summed E-state index contributed by atoms with van der Waals surface area (Å²) in [7, 11) is 4.03. The number of rotatable bonds is 6. The van der Waals surface area contributed by atoms with E-state index in [4.69, 9.17) is 0 Å². The predicted octanol–water partition coefficient (Wildman–Crippen LogP) is 4.23. The van der Waals surface area contributed by atoms with Crippen molar-refractivity contribution in [2.45, 2.75) is 38.6 Å². The van der Waals surface area contributed by atoms with E-state index in [1.807, 2.05) is 19.0 Å². The summed E-state index contributed by atoms with van der Waals surface area (Å²) in [5, 5.41) is 0. The first-order valence-corrected chi connectivity index (χ1v) is 8.85. The summed E-state index contributed by atoms with van der Waals surface area (Å²) in [5.74, 6) is 0.438. The first-order valence-electron chi connectivity index (χ1n) is 8.85. The van der Waals surface area contributed by atoms with Crippen LogP contribution in [0.15, 0.2) is 30.3 Å². The van der Waals surface area contributed by atoms with Crippen LogP contribution in [0.3, 0.4) is 0 Å². The molecule has 0 atom stereocenters. The Bertz CT molecular complexity index is 569. The van der Waals surface area contributed by atoms with Gasteiger partial charge in [-0.3, -0.25) is 4.79 Å². The Kier molecular flexibility index (Phi) is 9.15. The molecule has 1 aromatic rings. The van der Waals surface area contributed by atoms with Crippen molar-refractivity contribution in [1.82, 2.24) is 9.80 Å². The van der Waals surface area contributed by atoms with Gasteiger partial charge in [-0.1, -0.05) is 25.1 Å². The lowest BCUT2D eigenvalue weighted by atomic mass is 9.86. The number of nitrogens with zero attached hydrogens (tertiary/aromatic N) is 2. The van der Waals surface area contributed by atoms with Crippen LogP contribution in [0.25, 0.3) is 6.08 Å². The number of hydrogen-bond acceptors (Lipinski definition) is 2. The third kappa shape index (κ3) is 6.79. The van der Waals surface area contributed by atoms with Crippen molar-refractivity contribution < 1.29 is 9.18 Å². The molecule has 0 heterocycles. The number of amides is 1. The molecule has 1 amide bonds. The minimum Gasteiger partial charge on any atom is -0.335 e. The minimum absolute atomic E-state index is 0. The Balaban J connectivity index is 0.00000312. The average molecular weight is 369 g/mol. The zero-order valence-corrected chi connectivity index (χ0v) is 16.3. The van der Waals surface area contributed by atoms with Crippen molar-refractivity contribution >= 4 is 24.4 Å². The van der Waals surface area contributed by atoms with Crippen LogP contribution < -0.4 is 0 Å². The Labute approximate surface area is 157 Å². The molecule has 1 saturated carbocycles. The number of benzene rings is 1. The summed E-state index contributed by atoms with van der Waals surface area (Å²) in [6.45, 7) is 3.83. The minimum atomic E-state index is -0.298. The SMILES string of the molecule is CC1CCC(N(CCN(C)C)C(=O)C=Cc2ccccc2F)CC1.Cl. The van der Waals surface area contributed by atoms with Crippen molar-refractivity contribution in [1.29, 1.82) is 0 Å². The molecule has 0 bridgehead atoms. The van der Waals surface area contributed by atoms with Crippen molar-refractivity contribution in [2.75, 3.05) is 27.2 Å². The van der Waals surface area contributed by atoms with Gasteiger partial charge >= 0.3 is 0 Å². The normalized spacial score (nSPS) is 20.5. The van der Waals surface area contributed by atoms with Gasteiger partial charge in [0.25, 0.3) is 0 Å². The molecule has 0 N–H and O–H groups in total.